The van der Waals surface area contributed by atoms with E-state index < -0.39 is 0 Å². The molecule has 0 aliphatic heterocycles. The smallest absolute Gasteiger partial charge is 0.318 e. The number of amides is 2. The molecule has 0 saturated heterocycles. The van der Waals surface area contributed by atoms with Gasteiger partial charge in [-0.2, -0.15) is 0 Å². The molecule has 6 heteroatoms. The molecule has 5 nitrogen and oxygen atoms in total. The molecule has 1 aliphatic rings. The lowest BCUT2D eigenvalue weighted by molar-refractivity contribution is 0.189. The Morgan fingerprint density at radius 1 is 1.52 bits per heavy atom. The predicted molar refractivity (Wildman–Crippen MR) is 90.6 cm³/mol. The zero-order valence-corrected chi connectivity index (χ0v) is 14.2. The molecule has 3 rings (SSSR count). The molecule has 1 aliphatic carbocycles. The molecule has 0 spiro atoms. The zero-order chi connectivity index (χ0) is 16.2. The molecule has 2 aromatic heterocycles. The molecule has 122 valence electrons. The Bertz CT molecular complexity index is 656. The number of hydrogen-bond donors (Lipinski definition) is 1. The van der Waals surface area contributed by atoms with Crippen molar-refractivity contribution in [1.29, 1.82) is 0 Å². The first-order valence-corrected chi connectivity index (χ1v) is 8.64. The molecule has 0 bridgehead atoms. The number of carbonyl (C=O) groups is 1. The van der Waals surface area contributed by atoms with Gasteiger partial charge in [-0.3, -0.25) is 4.98 Å². The number of ether oxygens (including phenoxy) is 1. The lowest BCUT2D eigenvalue weighted by Crippen LogP contribution is -2.41. The van der Waals surface area contributed by atoms with Crippen LogP contribution in [0.15, 0.2) is 36.0 Å². The molecule has 2 aromatic rings. The van der Waals surface area contributed by atoms with Gasteiger partial charge in [0.15, 0.2) is 0 Å². The molecular formula is C17H21N3O2S. The minimum absolute atomic E-state index is 0.0211. The second kappa shape index (κ2) is 7.00. The second-order valence-corrected chi connectivity index (χ2v) is 6.76. The third-order valence-corrected chi connectivity index (χ3v) is 4.86. The summed E-state index contributed by atoms with van der Waals surface area (Å²) in [5.41, 5.74) is 0.933. The summed E-state index contributed by atoms with van der Waals surface area (Å²) in [5, 5.41) is 5.13. The van der Waals surface area contributed by atoms with E-state index in [1.807, 2.05) is 29.3 Å². The van der Waals surface area contributed by atoms with Crippen molar-refractivity contribution in [2.75, 3.05) is 7.11 Å². The Morgan fingerprint density at radius 3 is 3.00 bits per heavy atom. The van der Waals surface area contributed by atoms with Gasteiger partial charge in [0.05, 0.1) is 25.9 Å². The highest BCUT2D eigenvalue weighted by molar-refractivity contribution is 7.09. The summed E-state index contributed by atoms with van der Waals surface area (Å²) in [6.07, 6.45) is 5.56. The lowest BCUT2D eigenvalue weighted by Gasteiger charge is -2.25. The molecule has 1 fully saturated rings. The minimum atomic E-state index is -0.134. The molecule has 23 heavy (non-hydrogen) atoms. The van der Waals surface area contributed by atoms with Crippen LogP contribution >= 0.6 is 11.3 Å². The summed E-state index contributed by atoms with van der Waals surface area (Å²) >= 11 is 1.69. The van der Waals surface area contributed by atoms with Crippen LogP contribution in [0.4, 0.5) is 4.79 Å². The Hall–Kier alpha value is -2.08. The van der Waals surface area contributed by atoms with Crippen LogP contribution in [0.5, 0.6) is 5.75 Å². The highest BCUT2D eigenvalue weighted by atomic mass is 32.1. The normalized spacial score (nSPS) is 15.0. The van der Waals surface area contributed by atoms with E-state index in [1.54, 1.807) is 30.8 Å². The Kier molecular flexibility index (Phi) is 4.81. The topological polar surface area (TPSA) is 54.5 Å². The van der Waals surface area contributed by atoms with Gasteiger partial charge < -0.3 is 15.0 Å². The van der Waals surface area contributed by atoms with E-state index in [9.17, 15) is 4.79 Å². The number of pyridine rings is 1. The van der Waals surface area contributed by atoms with Crippen molar-refractivity contribution in [3.63, 3.8) is 0 Å². The molecule has 1 atom stereocenters. The van der Waals surface area contributed by atoms with Gasteiger partial charge >= 0.3 is 6.03 Å². The van der Waals surface area contributed by atoms with Crippen LogP contribution in [-0.4, -0.2) is 29.1 Å². The largest absolute Gasteiger partial charge is 0.495 e. The number of carbonyl (C=O) groups excluding carboxylic acids is 1. The molecule has 1 saturated carbocycles. The molecule has 1 unspecified atom stereocenters. The fourth-order valence-electron chi connectivity index (χ4n) is 2.59. The van der Waals surface area contributed by atoms with Crippen LogP contribution in [-0.2, 0) is 6.54 Å². The van der Waals surface area contributed by atoms with Gasteiger partial charge in [0.25, 0.3) is 0 Å². The minimum Gasteiger partial charge on any atom is -0.495 e. The molecule has 1 N–H and O–H groups in total. The third kappa shape index (κ3) is 3.82. The number of nitrogens with zero attached hydrogens (tertiary/aromatic N) is 2. The van der Waals surface area contributed by atoms with E-state index in [1.165, 1.54) is 4.88 Å². The van der Waals surface area contributed by atoms with Gasteiger partial charge in [-0.1, -0.05) is 6.07 Å². The van der Waals surface area contributed by atoms with Crippen molar-refractivity contribution in [2.45, 2.75) is 38.4 Å². The fraction of sp³-hybridized carbons (Fsp3) is 0.412. The number of hydrogen-bond acceptors (Lipinski definition) is 4. The highest BCUT2D eigenvalue weighted by Gasteiger charge is 2.33. The summed E-state index contributed by atoms with van der Waals surface area (Å²) in [4.78, 5) is 19.9. The van der Waals surface area contributed by atoms with E-state index in [-0.39, 0.29) is 12.1 Å². The van der Waals surface area contributed by atoms with Crippen molar-refractivity contribution >= 4 is 17.4 Å². The molecule has 0 aromatic carbocycles. The Morgan fingerprint density at radius 2 is 2.35 bits per heavy atom. The zero-order valence-electron chi connectivity index (χ0n) is 13.4. The second-order valence-electron chi connectivity index (χ2n) is 5.73. The van der Waals surface area contributed by atoms with Crippen molar-refractivity contribution in [3.05, 3.63) is 46.4 Å². The summed E-state index contributed by atoms with van der Waals surface area (Å²) in [5.74, 6) is 0.691. The third-order valence-electron chi connectivity index (χ3n) is 4.00. The monoisotopic (exact) mass is 331 g/mol. The van der Waals surface area contributed by atoms with E-state index in [4.69, 9.17) is 4.74 Å². The first-order valence-electron chi connectivity index (χ1n) is 7.76. The van der Waals surface area contributed by atoms with Crippen LogP contribution in [0.1, 0.15) is 36.2 Å². The van der Waals surface area contributed by atoms with E-state index in [0.717, 1.165) is 18.4 Å². The van der Waals surface area contributed by atoms with Crippen LogP contribution in [0.2, 0.25) is 0 Å². The molecule has 2 amide bonds. The van der Waals surface area contributed by atoms with Gasteiger partial charge in [0.1, 0.15) is 5.75 Å². The molecular weight excluding hydrogens is 310 g/mol. The average Bonchev–Trinajstić information content (AvgIpc) is 3.28. The molecule has 2 heterocycles. The highest BCUT2D eigenvalue weighted by Crippen LogP contribution is 2.30. The van der Waals surface area contributed by atoms with Crippen LogP contribution < -0.4 is 10.1 Å². The molecule has 0 radical (unpaired) electrons. The van der Waals surface area contributed by atoms with Crippen molar-refractivity contribution in [1.82, 2.24) is 15.2 Å². The summed E-state index contributed by atoms with van der Waals surface area (Å²) < 4.78 is 5.33. The first-order chi connectivity index (χ1) is 11.2. The van der Waals surface area contributed by atoms with Gasteiger partial charge in [-0.05, 0) is 37.3 Å². The van der Waals surface area contributed by atoms with Gasteiger partial charge in [0, 0.05) is 22.7 Å². The van der Waals surface area contributed by atoms with Crippen LogP contribution in [0.3, 0.4) is 0 Å². The predicted octanol–water partition coefficient (Wildman–Crippen LogP) is 3.59. The quantitative estimate of drug-likeness (QED) is 0.880. The van der Waals surface area contributed by atoms with Crippen LogP contribution in [0, 0.1) is 0 Å². The number of nitrogens with one attached hydrogen (secondary N) is 1. The van der Waals surface area contributed by atoms with E-state index in [2.05, 4.69) is 16.4 Å². The van der Waals surface area contributed by atoms with E-state index >= 15 is 0 Å². The first kappa shape index (κ1) is 15.8. The Labute approximate surface area is 140 Å². The van der Waals surface area contributed by atoms with Crippen molar-refractivity contribution < 1.29 is 9.53 Å². The number of methoxy groups -OCH3 is 1. The van der Waals surface area contributed by atoms with Crippen molar-refractivity contribution in [2.24, 2.45) is 0 Å². The maximum atomic E-state index is 12.7. The summed E-state index contributed by atoms with van der Waals surface area (Å²) in [6.45, 7) is 2.64. The number of thiophene rings is 1. The average molecular weight is 331 g/mol. The number of urea groups is 1. The number of aromatic nitrogens is 1. The van der Waals surface area contributed by atoms with Gasteiger partial charge in [0.2, 0.25) is 0 Å². The maximum absolute atomic E-state index is 12.7. The summed E-state index contributed by atoms with van der Waals surface area (Å²) in [6, 6.07) is 6.18. The maximum Gasteiger partial charge on any atom is 0.318 e. The fourth-order valence-corrected chi connectivity index (χ4v) is 3.29. The SMILES string of the molecule is COc1cnccc1C(C)NC(=O)N(Cc1cccs1)C1CC1. The summed E-state index contributed by atoms with van der Waals surface area (Å²) in [7, 11) is 1.61. The van der Waals surface area contributed by atoms with Crippen molar-refractivity contribution in [3.8, 4) is 5.75 Å². The Balaban J connectivity index is 1.68. The standard InChI is InChI=1S/C17H21N3O2S/c1-12(15-7-8-18-10-16(15)22-2)19-17(21)20(13-5-6-13)11-14-4-3-9-23-14/h3-4,7-10,12-13H,5-6,11H2,1-2H3,(H,19,21). The van der Waals surface area contributed by atoms with Crippen LogP contribution in [0.25, 0.3) is 0 Å². The number of rotatable bonds is 6. The van der Waals surface area contributed by atoms with E-state index in [0.29, 0.717) is 18.3 Å². The van der Waals surface area contributed by atoms with Gasteiger partial charge in [-0.15, -0.1) is 11.3 Å². The lowest BCUT2D eigenvalue weighted by atomic mass is 10.1. The van der Waals surface area contributed by atoms with Gasteiger partial charge in [-0.25, -0.2) is 4.79 Å².